The number of amides is 2. The number of aromatic nitrogens is 1. The van der Waals surface area contributed by atoms with Crippen molar-refractivity contribution in [3.05, 3.63) is 46.2 Å². The summed E-state index contributed by atoms with van der Waals surface area (Å²) in [5.41, 5.74) is 0.472. The molecule has 0 aliphatic carbocycles. The molecule has 1 aliphatic heterocycles. The van der Waals surface area contributed by atoms with Gasteiger partial charge in [-0.05, 0) is 19.1 Å². The molecule has 1 aliphatic rings. The number of nitro groups is 1. The Bertz CT molecular complexity index is 798. The monoisotopic (exact) mass is 330 g/mol. The largest absolute Gasteiger partial charge is 0.360 e. The lowest BCUT2D eigenvalue weighted by atomic mass is 10.1. The quantitative estimate of drug-likeness (QED) is 0.675. The summed E-state index contributed by atoms with van der Waals surface area (Å²) < 4.78 is 4.87. The summed E-state index contributed by atoms with van der Waals surface area (Å²) in [6.45, 7) is 1.91. The van der Waals surface area contributed by atoms with Gasteiger partial charge < -0.3 is 14.7 Å². The van der Waals surface area contributed by atoms with Crippen molar-refractivity contribution in [1.29, 1.82) is 0 Å². The number of carbonyl (C=O) groups excluding carboxylic acids is 2. The first-order chi connectivity index (χ1) is 11.4. The van der Waals surface area contributed by atoms with E-state index in [-0.39, 0.29) is 30.5 Å². The summed E-state index contributed by atoms with van der Waals surface area (Å²) in [4.78, 5) is 36.0. The number of nitrogens with zero attached hydrogens (tertiary/aromatic N) is 3. The van der Waals surface area contributed by atoms with E-state index in [0.717, 1.165) is 0 Å². The van der Waals surface area contributed by atoms with E-state index >= 15 is 0 Å². The Morgan fingerprint density at radius 2 is 2.12 bits per heavy atom. The smallest absolute Gasteiger partial charge is 0.269 e. The van der Waals surface area contributed by atoms with Crippen molar-refractivity contribution in [3.63, 3.8) is 0 Å². The average Bonchev–Trinajstić information content (AvgIpc) is 3.13. The number of aryl methyl sites for hydroxylation is 1. The van der Waals surface area contributed by atoms with E-state index in [2.05, 4.69) is 10.5 Å². The van der Waals surface area contributed by atoms with Crippen LogP contribution in [-0.4, -0.2) is 28.4 Å². The van der Waals surface area contributed by atoms with Gasteiger partial charge in [-0.2, -0.15) is 0 Å². The summed E-state index contributed by atoms with van der Waals surface area (Å²) in [7, 11) is 0. The van der Waals surface area contributed by atoms with Crippen LogP contribution in [0.4, 0.5) is 17.2 Å². The lowest BCUT2D eigenvalue weighted by Crippen LogP contribution is -2.28. The van der Waals surface area contributed by atoms with E-state index in [1.54, 1.807) is 13.0 Å². The normalized spacial score (nSPS) is 17.1. The number of hydrogen-bond donors (Lipinski definition) is 1. The van der Waals surface area contributed by atoms with E-state index in [1.165, 1.54) is 29.2 Å². The van der Waals surface area contributed by atoms with Crippen molar-refractivity contribution >= 4 is 29.0 Å². The van der Waals surface area contributed by atoms with E-state index < -0.39 is 10.8 Å². The molecule has 9 heteroatoms. The first kappa shape index (κ1) is 15.7. The fourth-order valence-corrected chi connectivity index (χ4v) is 2.54. The predicted molar refractivity (Wildman–Crippen MR) is 83.4 cm³/mol. The molecule has 24 heavy (non-hydrogen) atoms. The Kier molecular flexibility index (Phi) is 3.98. The maximum atomic E-state index is 12.2. The van der Waals surface area contributed by atoms with Crippen LogP contribution in [0.5, 0.6) is 0 Å². The second-order valence-electron chi connectivity index (χ2n) is 5.49. The first-order valence-electron chi connectivity index (χ1n) is 7.23. The molecule has 0 unspecified atom stereocenters. The van der Waals surface area contributed by atoms with Gasteiger partial charge in [0.2, 0.25) is 11.8 Å². The van der Waals surface area contributed by atoms with Gasteiger partial charge in [0.25, 0.3) is 5.69 Å². The Labute approximate surface area is 136 Å². The van der Waals surface area contributed by atoms with Crippen molar-refractivity contribution in [2.75, 3.05) is 16.8 Å². The standard InChI is InChI=1S/C15H14N4O5/c1-9-6-13(17-24-9)16-15(21)10-7-14(20)18(8-10)11-2-4-12(5-3-11)19(22)23/h2-6,10H,7-8H2,1H3,(H,16,17,21)/t10-/m1/s1. The minimum absolute atomic E-state index is 0.0545. The fourth-order valence-electron chi connectivity index (χ4n) is 2.54. The van der Waals surface area contributed by atoms with Crippen molar-refractivity contribution in [2.45, 2.75) is 13.3 Å². The zero-order valence-electron chi connectivity index (χ0n) is 12.8. The summed E-state index contributed by atoms with van der Waals surface area (Å²) in [6, 6.07) is 7.24. The van der Waals surface area contributed by atoms with Gasteiger partial charge in [-0.15, -0.1) is 0 Å². The van der Waals surface area contributed by atoms with E-state index in [9.17, 15) is 19.7 Å². The van der Waals surface area contributed by atoms with Crippen LogP contribution in [0.25, 0.3) is 0 Å². The van der Waals surface area contributed by atoms with Crippen molar-refractivity contribution < 1.29 is 19.0 Å². The Morgan fingerprint density at radius 1 is 1.42 bits per heavy atom. The number of benzene rings is 1. The molecular weight excluding hydrogens is 316 g/mol. The minimum Gasteiger partial charge on any atom is -0.360 e. The van der Waals surface area contributed by atoms with Gasteiger partial charge in [-0.3, -0.25) is 19.7 Å². The van der Waals surface area contributed by atoms with Crippen LogP contribution in [-0.2, 0) is 9.59 Å². The maximum Gasteiger partial charge on any atom is 0.269 e. The minimum atomic E-state index is -0.523. The van der Waals surface area contributed by atoms with Crippen molar-refractivity contribution in [2.24, 2.45) is 5.92 Å². The van der Waals surface area contributed by atoms with E-state index in [0.29, 0.717) is 17.3 Å². The molecule has 1 aromatic heterocycles. The molecule has 0 spiro atoms. The van der Waals surface area contributed by atoms with Gasteiger partial charge in [0, 0.05) is 36.9 Å². The third-order valence-electron chi connectivity index (χ3n) is 3.75. The number of anilines is 2. The second kappa shape index (κ2) is 6.11. The molecule has 2 aromatic rings. The van der Waals surface area contributed by atoms with Gasteiger partial charge in [-0.25, -0.2) is 0 Å². The predicted octanol–water partition coefficient (Wildman–Crippen LogP) is 1.88. The van der Waals surface area contributed by atoms with Crippen LogP contribution in [0.3, 0.4) is 0 Å². The highest BCUT2D eigenvalue weighted by atomic mass is 16.6. The van der Waals surface area contributed by atoms with Crippen LogP contribution in [0.1, 0.15) is 12.2 Å². The highest BCUT2D eigenvalue weighted by Crippen LogP contribution is 2.27. The van der Waals surface area contributed by atoms with Crippen molar-refractivity contribution in [3.8, 4) is 0 Å². The molecule has 0 saturated carbocycles. The highest BCUT2D eigenvalue weighted by molar-refractivity contribution is 6.03. The molecule has 0 bridgehead atoms. The number of nitrogens with one attached hydrogen (secondary N) is 1. The lowest BCUT2D eigenvalue weighted by molar-refractivity contribution is -0.384. The molecule has 1 saturated heterocycles. The summed E-state index contributed by atoms with van der Waals surface area (Å²) in [6.07, 6.45) is 0.0691. The Hall–Kier alpha value is -3.23. The van der Waals surface area contributed by atoms with Crippen LogP contribution in [0, 0.1) is 23.0 Å². The first-order valence-corrected chi connectivity index (χ1v) is 7.23. The fraction of sp³-hybridized carbons (Fsp3) is 0.267. The third-order valence-corrected chi connectivity index (χ3v) is 3.75. The van der Waals surface area contributed by atoms with Crippen LogP contribution < -0.4 is 10.2 Å². The molecule has 1 fully saturated rings. The highest BCUT2D eigenvalue weighted by Gasteiger charge is 2.35. The van der Waals surface area contributed by atoms with E-state index in [4.69, 9.17) is 4.52 Å². The van der Waals surface area contributed by atoms with Crippen LogP contribution >= 0.6 is 0 Å². The molecular formula is C15H14N4O5. The number of carbonyl (C=O) groups is 2. The molecule has 1 atom stereocenters. The van der Waals surface area contributed by atoms with Crippen molar-refractivity contribution in [1.82, 2.24) is 5.16 Å². The number of rotatable bonds is 4. The second-order valence-corrected chi connectivity index (χ2v) is 5.49. The Morgan fingerprint density at radius 3 is 2.71 bits per heavy atom. The van der Waals surface area contributed by atoms with Crippen LogP contribution in [0.15, 0.2) is 34.9 Å². The zero-order valence-corrected chi connectivity index (χ0v) is 12.8. The summed E-state index contributed by atoms with van der Waals surface area (Å²) in [5.74, 6) is -0.176. The third kappa shape index (κ3) is 3.09. The SMILES string of the molecule is Cc1cc(NC(=O)[C@@H]2CC(=O)N(c3ccc([N+](=O)[O-])cc3)C2)no1. The van der Waals surface area contributed by atoms with Gasteiger partial charge in [-0.1, -0.05) is 5.16 Å². The van der Waals surface area contributed by atoms with Gasteiger partial charge in [0.1, 0.15) is 5.76 Å². The lowest BCUT2D eigenvalue weighted by Gasteiger charge is -2.16. The molecule has 0 radical (unpaired) electrons. The van der Waals surface area contributed by atoms with Crippen LogP contribution in [0.2, 0.25) is 0 Å². The number of nitro benzene ring substituents is 1. The van der Waals surface area contributed by atoms with Gasteiger partial charge in [0.15, 0.2) is 5.82 Å². The average molecular weight is 330 g/mol. The molecule has 9 nitrogen and oxygen atoms in total. The summed E-state index contributed by atoms with van der Waals surface area (Å²) in [5, 5.41) is 17.0. The number of hydrogen-bond acceptors (Lipinski definition) is 6. The van der Waals surface area contributed by atoms with Gasteiger partial charge in [0.05, 0.1) is 10.8 Å². The Balaban J connectivity index is 1.68. The molecule has 1 aromatic carbocycles. The summed E-state index contributed by atoms with van der Waals surface area (Å²) >= 11 is 0. The molecule has 2 heterocycles. The topological polar surface area (TPSA) is 119 Å². The zero-order chi connectivity index (χ0) is 17.3. The maximum absolute atomic E-state index is 12.2. The molecule has 1 N–H and O–H groups in total. The number of non-ortho nitro benzene ring substituents is 1. The molecule has 3 rings (SSSR count). The van der Waals surface area contributed by atoms with Gasteiger partial charge >= 0.3 is 0 Å². The molecule has 2 amide bonds. The van der Waals surface area contributed by atoms with E-state index in [1.807, 2.05) is 0 Å². The molecule has 124 valence electrons.